The lowest BCUT2D eigenvalue weighted by Crippen LogP contribution is -2.26. The van der Waals surface area contributed by atoms with Crippen LogP contribution in [0.4, 0.5) is 5.69 Å². The Morgan fingerprint density at radius 1 is 1.03 bits per heavy atom. The summed E-state index contributed by atoms with van der Waals surface area (Å²) in [7, 11) is -1.33. The summed E-state index contributed by atoms with van der Waals surface area (Å²) in [5.74, 6) is 0.176. The number of hydroxylamine groups is 1. The second-order valence-corrected chi connectivity index (χ2v) is 8.83. The van der Waals surface area contributed by atoms with Crippen LogP contribution in [-0.2, 0) is 21.5 Å². The Morgan fingerprint density at radius 3 is 2.42 bits per heavy atom. The number of sulfonamides is 1. The topological polar surface area (TPSA) is 84.9 Å². The summed E-state index contributed by atoms with van der Waals surface area (Å²) >= 11 is 6.12. The van der Waals surface area contributed by atoms with Crippen molar-refractivity contribution < 1.29 is 22.8 Å². The van der Waals surface area contributed by atoms with Crippen molar-refractivity contribution in [3.8, 4) is 5.75 Å². The van der Waals surface area contributed by atoms with E-state index in [9.17, 15) is 13.2 Å². The molecule has 0 aliphatic carbocycles. The fraction of sp³-hybridized carbons (Fsp3) is 0.136. The molecule has 0 fully saturated rings. The molecule has 3 rings (SSSR count). The van der Waals surface area contributed by atoms with E-state index in [1.807, 2.05) is 18.2 Å². The highest BCUT2D eigenvalue weighted by Crippen LogP contribution is 2.21. The molecule has 0 saturated carbocycles. The molecule has 162 valence electrons. The average molecular weight is 461 g/mol. The first-order valence-corrected chi connectivity index (χ1v) is 11.0. The van der Waals surface area contributed by atoms with Gasteiger partial charge in [0.1, 0.15) is 12.4 Å². The molecule has 0 radical (unpaired) electrons. The van der Waals surface area contributed by atoms with E-state index in [1.165, 1.54) is 38.4 Å². The van der Waals surface area contributed by atoms with Crippen LogP contribution >= 0.6 is 11.6 Å². The molecule has 0 atom stereocenters. The summed E-state index contributed by atoms with van der Waals surface area (Å²) in [6.45, 7) is 0.322. The van der Waals surface area contributed by atoms with Gasteiger partial charge in [0.15, 0.2) is 0 Å². The van der Waals surface area contributed by atoms with E-state index in [1.54, 1.807) is 30.3 Å². The van der Waals surface area contributed by atoms with Crippen LogP contribution in [0.15, 0.2) is 77.7 Å². The van der Waals surface area contributed by atoms with Crippen LogP contribution in [0.2, 0.25) is 5.02 Å². The Morgan fingerprint density at radius 2 is 1.74 bits per heavy atom. The maximum absolute atomic E-state index is 12.6. The average Bonchev–Trinajstić information content (AvgIpc) is 2.79. The number of hydrogen-bond donors (Lipinski definition) is 1. The van der Waals surface area contributed by atoms with Crippen LogP contribution in [0, 0.1) is 0 Å². The fourth-order valence-corrected chi connectivity index (χ4v) is 3.87. The van der Waals surface area contributed by atoms with Crippen LogP contribution in [-0.4, -0.2) is 33.0 Å². The van der Waals surface area contributed by atoms with E-state index in [0.717, 1.165) is 10.0 Å². The SMILES string of the molecule is CON(C)S(=O)(=O)c1cccc(C(=O)Nc2ccc(OCc3ccccc3Cl)cc2)c1. The van der Waals surface area contributed by atoms with Gasteiger partial charge >= 0.3 is 0 Å². The van der Waals surface area contributed by atoms with Crippen molar-refractivity contribution in [2.45, 2.75) is 11.5 Å². The summed E-state index contributed by atoms with van der Waals surface area (Å²) < 4.78 is 31.2. The fourth-order valence-electron chi connectivity index (χ4n) is 2.66. The number of amides is 1. The standard InChI is InChI=1S/C22H21ClN2O5S/c1-25(29-2)31(27,28)20-8-5-7-16(14-20)22(26)24-18-10-12-19(13-11-18)30-15-17-6-3-4-9-21(17)23/h3-14H,15H2,1-2H3,(H,24,26). The minimum Gasteiger partial charge on any atom is -0.489 e. The zero-order valence-electron chi connectivity index (χ0n) is 16.9. The lowest BCUT2D eigenvalue weighted by Gasteiger charge is -2.14. The quantitative estimate of drug-likeness (QED) is 0.505. The molecule has 1 amide bonds. The van der Waals surface area contributed by atoms with Gasteiger partial charge in [-0.1, -0.05) is 40.3 Å². The lowest BCUT2D eigenvalue weighted by atomic mass is 10.2. The molecule has 31 heavy (non-hydrogen) atoms. The molecule has 0 saturated heterocycles. The zero-order chi connectivity index (χ0) is 22.4. The smallest absolute Gasteiger partial charge is 0.264 e. The second kappa shape index (κ2) is 9.93. The van der Waals surface area contributed by atoms with Crippen molar-refractivity contribution in [1.29, 1.82) is 0 Å². The number of nitrogens with one attached hydrogen (secondary N) is 1. The number of halogens is 1. The molecule has 1 N–H and O–H groups in total. The van der Waals surface area contributed by atoms with Crippen LogP contribution in [0.1, 0.15) is 15.9 Å². The van der Waals surface area contributed by atoms with E-state index >= 15 is 0 Å². The summed E-state index contributed by atoms with van der Waals surface area (Å²) in [4.78, 5) is 17.3. The largest absolute Gasteiger partial charge is 0.489 e. The predicted octanol–water partition coefficient (Wildman–Crippen LogP) is 4.35. The molecule has 0 aliphatic rings. The maximum Gasteiger partial charge on any atom is 0.264 e. The Balaban J connectivity index is 1.66. The van der Waals surface area contributed by atoms with Crippen molar-refractivity contribution in [3.05, 3.63) is 88.9 Å². The number of carbonyl (C=O) groups is 1. The van der Waals surface area contributed by atoms with Gasteiger partial charge in [-0.15, -0.1) is 0 Å². The van der Waals surface area contributed by atoms with Gasteiger partial charge in [0.2, 0.25) is 0 Å². The number of anilines is 1. The lowest BCUT2D eigenvalue weighted by molar-refractivity contribution is -0.0258. The molecular weight excluding hydrogens is 440 g/mol. The molecule has 7 nitrogen and oxygen atoms in total. The van der Waals surface area contributed by atoms with Crippen LogP contribution < -0.4 is 10.1 Å². The highest BCUT2D eigenvalue weighted by Gasteiger charge is 2.22. The minimum atomic E-state index is -3.85. The molecule has 3 aromatic carbocycles. The third kappa shape index (κ3) is 5.62. The Labute approximate surface area is 186 Å². The maximum atomic E-state index is 12.6. The highest BCUT2D eigenvalue weighted by atomic mass is 35.5. The monoisotopic (exact) mass is 460 g/mol. The number of carbonyl (C=O) groups excluding carboxylic acids is 1. The first-order valence-electron chi connectivity index (χ1n) is 9.22. The van der Waals surface area contributed by atoms with Crippen LogP contribution in [0.5, 0.6) is 5.75 Å². The van der Waals surface area contributed by atoms with Gasteiger partial charge < -0.3 is 10.1 Å². The third-order valence-corrected chi connectivity index (χ3v) is 6.50. The van der Waals surface area contributed by atoms with E-state index < -0.39 is 15.9 Å². The normalized spacial score (nSPS) is 11.4. The third-order valence-electron chi connectivity index (χ3n) is 4.45. The molecule has 0 spiro atoms. The van der Waals surface area contributed by atoms with Gasteiger partial charge in [-0.2, -0.15) is 0 Å². The zero-order valence-corrected chi connectivity index (χ0v) is 18.5. The van der Waals surface area contributed by atoms with Crippen molar-refractivity contribution in [1.82, 2.24) is 4.47 Å². The van der Waals surface area contributed by atoms with E-state index in [-0.39, 0.29) is 10.5 Å². The van der Waals surface area contributed by atoms with Crippen molar-refractivity contribution in [2.24, 2.45) is 0 Å². The number of rotatable bonds is 8. The van der Waals surface area contributed by atoms with Crippen molar-refractivity contribution >= 4 is 33.2 Å². The van der Waals surface area contributed by atoms with Gasteiger partial charge in [0.25, 0.3) is 15.9 Å². The molecule has 9 heteroatoms. The number of benzene rings is 3. The first-order chi connectivity index (χ1) is 14.8. The number of nitrogens with zero attached hydrogens (tertiary/aromatic N) is 1. The molecule has 3 aromatic rings. The Hall–Kier alpha value is -2.91. The highest BCUT2D eigenvalue weighted by molar-refractivity contribution is 7.89. The van der Waals surface area contributed by atoms with Gasteiger partial charge in [-0.3, -0.25) is 9.63 Å². The molecule has 0 heterocycles. The van der Waals surface area contributed by atoms with E-state index in [2.05, 4.69) is 5.32 Å². The summed E-state index contributed by atoms with van der Waals surface area (Å²) in [6.07, 6.45) is 0. The van der Waals surface area contributed by atoms with Gasteiger partial charge in [0.05, 0.1) is 12.0 Å². The number of ether oxygens (including phenoxy) is 1. The van der Waals surface area contributed by atoms with Gasteiger partial charge in [-0.05, 0) is 48.5 Å². The van der Waals surface area contributed by atoms with Gasteiger partial charge in [-0.25, -0.2) is 8.42 Å². The minimum absolute atomic E-state index is 0.0483. The molecular formula is C22H21ClN2O5S. The molecule has 0 bridgehead atoms. The van der Waals surface area contributed by atoms with Crippen molar-refractivity contribution in [3.63, 3.8) is 0 Å². The summed E-state index contributed by atoms with van der Waals surface area (Å²) in [6, 6.07) is 20.0. The van der Waals surface area contributed by atoms with Crippen molar-refractivity contribution in [2.75, 3.05) is 19.5 Å². The Bertz CT molecular complexity index is 1170. The second-order valence-electron chi connectivity index (χ2n) is 6.48. The van der Waals surface area contributed by atoms with E-state index in [0.29, 0.717) is 23.1 Å². The van der Waals surface area contributed by atoms with Crippen LogP contribution in [0.3, 0.4) is 0 Å². The predicted molar refractivity (Wildman–Crippen MR) is 119 cm³/mol. The first kappa shape index (κ1) is 22.8. The molecule has 0 unspecified atom stereocenters. The number of hydrogen-bond acceptors (Lipinski definition) is 5. The summed E-state index contributed by atoms with van der Waals surface area (Å²) in [5.41, 5.74) is 1.61. The van der Waals surface area contributed by atoms with E-state index in [4.69, 9.17) is 21.2 Å². The molecule has 0 aliphatic heterocycles. The van der Waals surface area contributed by atoms with Crippen LogP contribution in [0.25, 0.3) is 0 Å². The van der Waals surface area contributed by atoms with Gasteiger partial charge in [0, 0.05) is 28.9 Å². The summed E-state index contributed by atoms with van der Waals surface area (Å²) in [5, 5.41) is 3.37. The Kier molecular flexibility index (Phi) is 7.29. The molecule has 0 aromatic heterocycles.